The number of benzene rings is 1. The lowest BCUT2D eigenvalue weighted by atomic mass is 10.1. The van der Waals surface area contributed by atoms with E-state index in [1.54, 1.807) is 36.5 Å². The minimum absolute atomic E-state index is 0.165. The van der Waals surface area contributed by atoms with Crippen LogP contribution in [-0.4, -0.2) is 17.9 Å². The molecule has 3 rings (SSSR count). The Morgan fingerprint density at radius 3 is 2.85 bits per heavy atom. The van der Waals surface area contributed by atoms with Gasteiger partial charge in [0.15, 0.2) is 0 Å². The highest BCUT2D eigenvalue weighted by atomic mass is 35.5. The van der Waals surface area contributed by atoms with E-state index in [0.29, 0.717) is 21.4 Å². The quantitative estimate of drug-likeness (QED) is 0.879. The van der Waals surface area contributed by atoms with Gasteiger partial charge in [0.05, 0.1) is 5.56 Å². The number of aromatic nitrogens is 1. The molecule has 1 aliphatic rings. The maximum atomic E-state index is 12.1. The van der Waals surface area contributed by atoms with Crippen LogP contribution in [0.3, 0.4) is 0 Å². The highest BCUT2D eigenvalue weighted by Crippen LogP contribution is 2.33. The van der Waals surface area contributed by atoms with E-state index < -0.39 is 0 Å². The molecule has 0 radical (unpaired) electrons. The Labute approximate surface area is 126 Å². The van der Waals surface area contributed by atoms with E-state index in [1.807, 2.05) is 11.9 Å². The van der Waals surface area contributed by atoms with Crippen molar-refractivity contribution in [3.05, 3.63) is 57.7 Å². The van der Waals surface area contributed by atoms with E-state index >= 15 is 0 Å². The Balaban J connectivity index is 2.07. The second-order valence-corrected chi connectivity index (χ2v) is 5.37. The van der Waals surface area contributed by atoms with Crippen LogP contribution in [0.1, 0.15) is 22.1 Å². The normalized spacial score (nSPS) is 17.6. The summed E-state index contributed by atoms with van der Waals surface area (Å²) >= 11 is 12.1. The number of carbonyl (C=O) groups is 1. The van der Waals surface area contributed by atoms with Crippen molar-refractivity contribution in [2.45, 2.75) is 6.17 Å². The van der Waals surface area contributed by atoms with E-state index in [1.165, 1.54) is 0 Å². The van der Waals surface area contributed by atoms with Crippen molar-refractivity contribution in [3.8, 4) is 0 Å². The van der Waals surface area contributed by atoms with Crippen molar-refractivity contribution >= 4 is 34.9 Å². The number of nitrogens with one attached hydrogen (secondary N) is 1. The lowest BCUT2D eigenvalue weighted by Gasteiger charge is -2.35. The number of hydrogen-bond donors (Lipinski definition) is 1. The average molecular weight is 308 g/mol. The van der Waals surface area contributed by atoms with Crippen LogP contribution in [0.2, 0.25) is 10.0 Å². The molecule has 0 spiro atoms. The molecule has 0 saturated carbocycles. The van der Waals surface area contributed by atoms with Gasteiger partial charge < -0.3 is 10.2 Å². The zero-order chi connectivity index (χ0) is 14.3. The maximum absolute atomic E-state index is 12.1. The highest BCUT2D eigenvalue weighted by molar-refractivity contribution is 6.35. The molecule has 0 bridgehead atoms. The number of fused-ring (bicyclic) bond motifs is 1. The van der Waals surface area contributed by atoms with Gasteiger partial charge in [-0.05, 0) is 24.3 Å². The third kappa shape index (κ3) is 2.11. The number of halogens is 2. The molecule has 20 heavy (non-hydrogen) atoms. The minimum Gasteiger partial charge on any atom is -0.335 e. The van der Waals surface area contributed by atoms with Gasteiger partial charge in [-0.1, -0.05) is 29.3 Å². The van der Waals surface area contributed by atoms with Crippen molar-refractivity contribution in [3.63, 3.8) is 0 Å². The molecule has 2 aromatic rings. The molecule has 1 atom stereocenters. The number of pyridine rings is 1. The van der Waals surface area contributed by atoms with Crippen LogP contribution in [0, 0.1) is 0 Å². The van der Waals surface area contributed by atoms with Gasteiger partial charge in [0.25, 0.3) is 5.91 Å². The van der Waals surface area contributed by atoms with Crippen LogP contribution in [0.25, 0.3) is 0 Å². The number of carbonyl (C=O) groups excluding carboxylic acids is 1. The maximum Gasteiger partial charge on any atom is 0.256 e. The first-order valence-corrected chi connectivity index (χ1v) is 6.77. The molecule has 1 aliphatic heterocycles. The fraction of sp³-hybridized carbons (Fsp3) is 0.143. The second-order valence-electron chi connectivity index (χ2n) is 4.53. The summed E-state index contributed by atoms with van der Waals surface area (Å²) in [5.74, 6) is 0.467. The van der Waals surface area contributed by atoms with E-state index in [0.717, 1.165) is 5.56 Å². The van der Waals surface area contributed by atoms with Crippen LogP contribution >= 0.6 is 23.2 Å². The summed E-state index contributed by atoms with van der Waals surface area (Å²) in [5.41, 5.74) is 1.33. The Morgan fingerprint density at radius 2 is 2.10 bits per heavy atom. The smallest absolute Gasteiger partial charge is 0.256 e. The molecule has 0 fully saturated rings. The van der Waals surface area contributed by atoms with Gasteiger partial charge >= 0.3 is 0 Å². The lowest BCUT2D eigenvalue weighted by Crippen LogP contribution is -2.45. The number of nitrogens with zero attached hydrogens (tertiary/aromatic N) is 2. The highest BCUT2D eigenvalue weighted by Gasteiger charge is 2.31. The van der Waals surface area contributed by atoms with Crippen LogP contribution in [0.4, 0.5) is 5.82 Å². The molecule has 4 nitrogen and oxygen atoms in total. The molecule has 0 saturated heterocycles. The van der Waals surface area contributed by atoms with Gasteiger partial charge in [0.2, 0.25) is 0 Å². The molecule has 1 aromatic carbocycles. The summed E-state index contributed by atoms with van der Waals surface area (Å²) < 4.78 is 0. The lowest BCUT2D eigenvalue weighted by molar-refractivity contribution is 0.0927. The van der Waals surface area contributed by atoms with Crippen LogP contribution in [0.5, 0.6) is 0 Å². The van der Waals surface area contributed by atoms with Gasteiger partial charge in [0.1, 0.15) is 12.0 Å². The summed E-state index contributed by atoms with van der Waals surface area (Å²) in [5, 5.41) is 3.98. The summed E-state index contributed by atoms with van der Waals surface area (Å²) in [6, 6.07) is 8.69. The fourth-order valence-corrected chi connectivity index (χ4v) is 2.80. The number of anilines is 1. The predicted octanol–water partition coefficient (Wildman–Crippen LogP) is 3.27. The van der Waals surface area contributed by atoms with Crippen molar-refractivity contribution in [1.29, 1.82) is 0 Å². The van der Waals surface area contributed by atoms with Crippen LogP contribution in [-0.2, 0) is 0 Å². The molecule has 2 heterocycles. The van der Waals surface area contributed by atoms with E-state index in [4.69, 9.17) is 23.2 Å². The fourth-order valence-electron chi connectivity index (χ4n) is 2.29. The molecule has 102 valence electrons. The SMILES string of the molecule is CN1c2ncccc2C(=O)N[C@@H]1c1ccc(Cl)cc1Cl. The van der Waals surface area contributed by atoms with Gasteiger partial charge in [-0.2, -0.15) is 0 Å². The van der Waals surface area contributed by atoms with Gasteiger partial charge in [-0.3, -0.25) is 4.79 Å². The zero-order valence-electron chi connectivity index (χ0n) is 10.6. The molecule has 1 amide bonds. The van der Waals surface area contributed by atoms with Crippen molar-refractivity contribution in [2.75, 3.05) is 11.9 Å². The van der Waals surface area contributed by atoms with Gasteiger partial charge in [0, 0.05) is 28.9 Å². The van der Waals surface area contributed by atoms with E-state index in [-0.39, 0.29) is 12.1 Å². The molecule has 1 N–H and O–H groups in total. The molecule has 0 unspecified atom stereocenters. The minimum atomic E-state index is -0.366. The van der Waals surface area contributed by atoms with Crippen LogP contribution in [0.15, 0.2) is 36.5 Å². The second kappa shape index (κ2) is 4.96. The van der Waals surface area contributed by atoms with Crippen molar-refractivity contribution in [1.82, 2.24) is 10.3 Å². The third-order valence-electron chi connectivity index (χ3n) is 3.28. The topological polar surface area (TPSA) is 45.2 Å². The molecular weight excluding hydrogens is 297 g/mol. The largest absolute Gasteiger partial charge is 0.335 e. The monoisotopic (exact) mass is 307 g/mol. The first-order valence-electron chi connectivity index (χ1n) is 6.01. The number of hydrogen-bond acceptors (Lipinski definition) is 3. The number of rotatable bonds is 1. The standard InChI is InChI=1S/C14H11Cl2N3O/c1-19-12-10(3-2-6-17-12)14(20)18-13(19)9-5-4-8(15)7-11(9)16/h2-7,13H,1H3,(H,18,20)/t13-/m0/s1. The summed E-state index contributed by atoms with van der Waals surface area (Å²) in [6.07, 6.45) is 1.30. The third-order valence-corrected chi connectivity index (χ3v) is 3.84. The van der Waals surface area contributed by atoms with E-state index in [2.05, 4.69) is 10.3 Å². The summed E-state index contributed by atoms with van der Waals surface area (Å²) in [6.45, 7) is 0. The zero-order valence-corrected chi connectivity index (χ0v) is 12.1. The Hall–Kier alpha value is -1.78. The van der Waals surface area contributed by atoms with Crippen molar-refractivity contribution in [2.24, 2.45) is 0 Å². The van der Waals surface area contributed by atoms with Gasteiger partial charge in [-0.25, -0.2) is 4.98 Å². The summed E-state index contributed by atoms with van der Waals surface area (Å²) in [7, 11) is 1.86. The summed E-state index contributed by atoms with van der Waals surface area (Å²) in [4.78, 5) is 18.3. The molecule has 0 aliphatic carbocycles. The first kappa shape index (κ1) is 13.2. The first-order chi connectivity index (χ1) is 9.58. The predicted molar refractivity (Wildman–Crippen MR) is 79.3 cm³/mol. The Kier molecular flexibility index (Phi) is 3.28. The van der Waals surface area contributed by atoms with Crippen LogP contribution < -0.4 is 10.2 Å². The molecule has 6 heteroatoms. The Morgan fingerprint density at radius 1 is 1.30 bits per heavy atom. The number of amides is 1. The Bertz CT molecular complexity index is 690. The average Bonchev–Trinajstić information content (AvgIpc) is 2.43. The molecule has 1 aromatic heterocycles. The molecular formula is C14H11Cl2N3O. The van der Waals surface area contributed by atoms with Gasteiger partial charge in [-0.15, -0.1) is 0 Å². The van der Waals surface area contributed by atoms with E-state index in [9.17, 15) is 4.79 Å². The van der Waals surface area contributed by atoms with Crippen molar-refractivity contribution < 1.29 is 4.79 Å².